The molecule has 0 aromatic heterocycles. The molecule has 1 amide bonds. The molecule has 144 valence electrons. The summed E-state index contributed by atoms with van der Waals surface area (Å²) < 4.78 is 0. The van der Waals surface area contributed by atoms with Crippen molar-refractivity contribution in [3.63, 3.8) is 0 Å². The highest BCUT2D eigenvalue weighted by molar-refractivity contribution is 5.95. The summed E-state index contributed by atoms with van der Waals surface area (Å²) in [5.74, 6) is -0.342. The third-order valence-electron chi connectivity index (χ3n) is 5.93. The van der Waals surface area contributed by atoms with Crippen LogP contribution < -0.4 is 0 Å². The summed E-state index contributed by atoms with van der Waals surface area (Å²) in [5, 5.41) is 9.36. The molecule has 0 atom stereocenters. The van der Waals surface area contributed by atoms with Gasteiger partial charge in [0, 0.05) is 18.7 Å². The minimum Gasteiger partial charge on any atom is -0.478 e. The van der Waals surface area contributed by atoms with Crippen LogP contribution in [-0.4, -0.2) is 35.0 Å². The standard InChI is InChI=1S/C24H25NO3/c26-23(21-10-9-18-5-1-2-6-19(18)16-21)25-13-11-17(12-14-25)15-20-7-3-4-8-22(20)24(27)28/h1,3-5,7-10,16-17H,2,6,11-15H2,(H,27,28). The molecule has 0 saturated carbocycles. The normalized spacial score (nSPS) is 16.6. The third kappa shape index (κ3) is 3.86. The van der Waals surface area contributed by atoms with Crippen LogP contribution in [-0.2, 0) is 12.8 Å². The maximum Gasteiger partial charge on any atom is 0.335 e. The lowest BCUT2D eigenvalue weighted by atomic mass is 9.88. The maximum atomic E-state index is 12.9. The Bertz CT molecular complexity index is 923. The number of rotatable bonds is 4. The van der Waals surface area contributed by atoms with E-state index >= 15 is 0 Å². The minimum atomic E-state index is -0.870. The van der Waals surface area contributed by atoms with Gasteiger partial charge in [0.1, 0.15) is 0 Å². The van der Waals surface area contributed by atoms with E-state index in [-0.39, 0.29) is 5.91 Å². The number of aryl methyl sites for hydroxylation is 1. The second-order valence-electron chi connectivity index (χ2n) is 7.76. The second-order valence-corrected chi connectivity index (χ2v) is 7.76. The topological polar surface area (TPSA) is 57.6 Å². The number of fused-ring (bicyclic) bond motifs is 1. The van der Waals surface area contributed by atoms with Gasteiger partial charge in [0.15, 0.2) is 0 Å². The van der Waals surface area contributed by atoms with E-state index in [4.69, 9.17) is 0 Å². The van der Waals surface area contributed by atoms with Gasteiger partial charge in [-0.3, -0.25) is 4.79 Å². The first-order valence-corrected chi connectivity index (χ1v) is 10.0. The van der Waals surface area contributed by atoms with Gasteiger partial charge in [-0.2, -0.15) is 0 Å². The van der Waals surface area contributed by atoms with E-state index in [9.17, 15) is 14.7 Å². The average Bonchev–Trinajstić information content (AvgIpc) is 2.73. The third-order valence-corrected chi connectivity index (χ3v) is 5.93. The Morgan fingerprint density at radius 3 is 2.64 bits per heavy atom. The first kappa shape index (κ1) is 18.5. The van der Waals surface area contributed by atoms with E-state index < -0.39 is 5.97 Å². The summed E-state index contributed by atoms with van der Waals surface area (Å²) in [7, 11) is 0. The smallest absolute Gasteiger partial charge is 0.335 e. The van der Waals surface area contributed by atoms with Gasteiger partial charge in [0.2, 0.25) is 0 Å². The number of aromatic carboxylic acids is 1. The fourth-order valence-corrected chi connectivity index (χ4v) is 4.31. The summed E-state index contributed by atoms with van der Waals surface area (Å²) in [6.07, 6.45) is 8.92. The van der Waals surface area contributed by atoms with Gasteiger partial charge in [-0.05, 0) is 72.9 Å². The highest BCUT2D eigenvalue weighted by Crippen LogP contribution is 2.26. The van der Waals surface area contributed by atoms with Crippen LogP contribution in [0.5, 0.6) is 0 Å². The number of likely N-dealkylation sites (tertiary alicyclic amines) is 1. The van der Waals surface area contributed by atoms with E-state index in [1.807, 2.05) is 29.2 Å². The van der Waals surface area contributed by atoms with Gasteiger partial charge in [0.05, 0.1) is 5.56 Å². The number of allylic oxidation sites excluding steroid dienone is 1. The van der Waals surface area contributed by atoms with Crippen molar-refractivity contribution in [2.75, 3.05) is 13.1 Å². The highest BCUT2D eigenvalue weighted by atomic mass is 16.4. The molecule has 1 heterocycles. The quantitative estimate of drug-likeness (QED) is 0.859. The Kier molecular flexibility index (Phi) is 5.29. The number of carboxylic acids is 1. The summed E-state index contributed by atoms with van der Waals surface area (Å²) in [4.78, 5) is 26.3. The first-order chi connectivity index (χ1) is 13.6. The molecule has 2 aromatic rings. The van der Waals surface area contributed by atoms with Crippen molar-refractivity contribution < 1.29 is 14.7 Å². The molecule has 2 aliphatic rings. The molecular formula is C24H25NO3. The van der Waals surface area contributed by atoms with E-state index in [1.165, 1.54) is 11.1 Å². The molecule has 1 fully saturated rings. The highest BCUT2D eigenvalue weighted by Gasteiger charge is 2.25. The van der Waals surface area contributed by atoms with Crippen LogP contribution in [0.2, 0.25) is 0 Å². The summed E-state index contributed by atoms with van der Waals surface area (Å²) in [6, 6.07) is 13.3. The van der Waals surface area contributed by atoms with Crippen molar-refractivity contribution >= 4 is 18.0 Å². The maximum absolute atomic E-state index is 12.9. The average molecular weight is 375 g/mol. The first-order valence-electron chi connectivity index (χ1n) is 10.0. The zero-order valence-corrected chi connectivity index (χ0v) is 15.9. The van der Waals surface area contributed by atoms with Crippen molar-refractivity contribution in [3.8, 4) is 0 Å². The van der Waals surface area contributed by atoms with Gasteiger partial charge in [-0.1, -0.05) is 36.4 Å². The number of benzene rings is 2. The van der Waals surface area contributed by atoms with Crippen LogP contribution in [0.15, 0.2) is 48.5 Å². The molecule has 1 aliphatic carbocycles. The van der Waals surface area contributed by atoms with Crippen LogP contribution in [0.25, 0.3) is 6.08 Å². The second kappa shape index (κ2) is 8.01. The molecule has 4 heteroatoms. The number of carbonyl (C=O) groups is 2. The molecule has 1 N–H and O–H groups in total. The van der Waals surface area contributed by atoms with E-state index in [1.54, 1.807) is 12.1 Å². The largest absolute Gasteiger partial charge is 0.478 e. The Labute approximate surface area is 165 Å². The number of amides is 1. The molecular weight excluding hydrogens is 350 g/mol. The zero-order chi connectivity index (χ0) is 19.5. The molecule has 1 saturated heterocycles. The van der Waals surface area contributed by atoms with Crippen LogP contribution in [0.1, 0.15) is 56.7 Å². The minimum absolute atomic E-state index is 0.113. The van der Waals surface area contributed by atoms with Crippen molar-refractivity contribution in [3.05, 3.63) is 76.4 Å². The Morgan fingerprint density at radius 2 is 1.86 bits per heavy atom. The lowest BCUT2D eigenvalue weighted by Gasteiger charge is -2.32. The monoisotopic (exact) mass is 375 g/mol. The molecule has 1 aliphatic heterocycles. The fourth-order valence-electron chi connectivity index (χ4n) is 4.31. The summed E-state index contributed by atoms with van der Waals surface area (Å²) >= 11 is 0. The van der Waals surface area contributed by atoms with E-state index in [0.29, 0.717) is 11.5 Å². The number of hydrogen-bond acceptors (Lipinski definition) is 2. The van der Waals surface area contributed by atoms with Gasteiger partial charge in [0.25, 0.3) is 5.91 Å². The predicted molar refractivity (Wildman–Crippen MR) is 110 cm³/mol. The fraction of sp³-hybridized carbons (Fsp3) is 0.333. The van der Waals surface area contributed by atoms with Gasteiger partial charge in [-0.25, -0.2) is 4.79 Å². The molecule has 28 heavy (non-hydrogen) atoms. The molecule has 0 spiro atoms. The molecule has 0 radical (unpaired) electrons. The lowest BCUT2D eigenvalue weighted by molar-refractivity contribution is 0.0690. The van der Waals surface area contributed by atoms with Crippen molar-refractivity contribution in [2.45, 2.75) is 32.1 Å². The number of hydrogen-bond donors (Lipinski definition) is 1. The van der Waals surface area contributed by atoms with Crippen LogP contribution >= 0.6 is 0 Å². The Morgan fingerprint density at radius 1 is 1.07 bits per heavy atom. The predicted octanol–water partition coefficient (Wildman–Crippen LogP) is 4.44. The van der Waals surface area contributed by atoms with Crippen molar-refractivity contribution in [2.24, 2.45) is 5.92 Å². The molecule has 4 nitrogen and oxygen atoms in total. The number of carbonyl (C=O) groups excluding carboxylic acids is 1. The van der Waals surface area contributed by atoms with Crippen molar-refractivity contribution in [1.29, 1.82) is 0 Å². The number of piperidine rings is 1. The van der Waals surface area contributed by atoms with Gasteiger partial charge < -0.3 is 10.0 Å². The number of nitrogens with zero attached hydrogens (tertiary/aromatic N) is 1. The molecule has 2 aromatic carbocycles. The SMILES string of the molecule is O=C(O)c1ccccc1CC1CCN(C(=O)c2ccc3c(c2)CCC=C3)CC1. The lowest BCUT2D eigenvalue weighted by Crippen LogP contribution is -2.39. The Hall–Kier alpha value is -2.88. The number of carboxylic acid groups (broad SMARTS) is 1. The Balaban J connectivity index is 1.38. The van der Waals surface area contributed by atoms with E-state index in [2.05, 4.69) is 18.2 Å². The van der Waals surface area contributed by atoms with Crippen molar-refractivity contribution in [1.82, 2.24) is 4.90 Å². The van der Waals surface area contributed by atoms with Crippen LogP contribution in [0, 0.1) is 5.92 Å². The zero-order valence-electron chi connectivity index (χ0n) is 15.9. The van der Waals surface area contributed by atoms with Crippen LogP contribution in [0.3, 0.4) is 0 Å². The molecule has 0 bridgehead atoms. The van der Waals surface area contributed by atoms with Gasteiger partial charge >= 0.3 is 5.97 Å². The van der Waals surface area contributed by atoms with E-state index in [0.717, 1.165) is 56.3 Å². The van der Waals surface area contributed by atoms with Gasteiger partial charge in [-0.15, -0.1) is 0 Å². The summed E-state index contributed by atoms with van der Waals surface area (Å²) in [6.45, 7) is 1.46. The van der Waals surface area contributed by atoms with Crippen LogP contribution in [0.4, 0.5) is 0 Å². The molecule has 4 rings (SSSR count). The summed E-state index contributed by atoms with van der Waals surface area (Å²) in [5.41, 5.74) is 4.54. The molecule has 0 unspecified atom stereocenters.